The average molecular weight is 204 g/mol. The lowest BCUT2D eigenvalue weighted by atomic mass is 10.6. The summed E-state index contributed by atoms with van der Waals surface area (Å²) in [5.74, 6) is 0.673. The van der Waals surface area contributed by atoms with Gasteiger partial charge in [-0.05, 0) is 6.42 Å². The summed E-state index contributed by atoms with van der Waals surface area (Å²) < 4.78 is 27.2. The minimum absolute atomic E-state index is 0.127. The first-order valence-corrected chi connectivity index (χ1v) is 5.85. The van der Waals surface area contributed by atoms with Crippen LogP contribution in [0.3, 0.4) is 0 Å². The maximum absolute atomic E-state index is 11.3. The molecular weight excluding hydrogens is 192 g/mol. The highest BCUT2D eigenvalue weighted by Crippen LogP contribution is 2.03. The predicted octanol–water partition coefficient (Wildman–Crippen LogP) is 0.703. The molecule has 0 saturated carbocycles. The minimum Gasteiger partial charge on any atom is -0.340 e. The van der Waals surface area contributed by atoms with Crippen LogP contribution in [-0.4, -0.2) is 24.3 Å². The van der Waals surface area contributed by atoms with E-state index in [1.807, 2.05) is 6.92 Å². The Morgan fingerprint density at radius 2 is 2.15 bits per heavy atom. The van der Waals surface area contributed by atoms with E-state index >= 15 is 0 Å². The molecule has 0 saturated heterocycles. The maximum Gasteiger partial charge on any atom is 0.223 e. The third-order valence-electron chi connectivity index (χ3n) is 1.43. The quantitative estimate of drug-likeness (QED) is 0.721. The van der Waals surface area contributed by atoms with Crippen LogP contribution in [0.25, 0.3) is 0 Å². The molecule has 0 spiro atoms. The molecule has 1 heterocycles. The molecule has 0 N–H and O–H groups in total. The summed E-state index contributed by atoms with van der Waals surface area (Å²) in [5.41, 5.74) is 0. The van der Waals surface area contributed by atoms with Gasteiger partial charge >= 0.3 is 0 Å². The van der Waals surface area contributed by atoms with Gasteiger partial charge in [0.2, 0.25) is 5.89 Å². The van der Waals surface area contributed by atoms with Crippen molar-refractivity contribution in [2.75, 3.05) is 5.75 Å². The predicted molar refractivity (Wildman–Crippen MR) is 46.8 cm³/mol. The molecule has 1 aromatic heterocycles. The summed E-state index contributed by atoms with van der Waals surface area (Å²) in [5, 5.41) is 3.52. The Morgan fingerprint density at radius 3 is 2.62 bits per heavy atom. The van der Waals surface area contributed by atoms with Crippen molar-refractivity contribution in [2.45, 2.75) is 26.0 Å². The lowest BCUT2D eigenvalue weighted by molar-refractivity contribution is 0.388. The second-order valence-corrected chi connectivity index (χ2v) is 5.01. The van der Waals surface area contributed by atoms with Gasteiger partial charge in [0.15, 0.2) is 15.7 Å². The Hall–Kier alpha value is -0.910. The Bertz CT molecular complexity index is 369. The molecule has 0 amide bonds. The Kier molecular flexibility index (Phi) is 3.02. The van der Waals surface area contributed by atoms with Gasteiger partial charge in [-0.25, -0.2) is 8.42 Å². The molecule has 0 aromatic carbocycles. The summed E-state index contributed by atoms with van der Waals surface area (Å²) in [6.45, 7) is 3.45. The van der Waals surface area contributed by atoms with Crippen molar-refractivity contribution in [1.29, 1.82) is 0 Å². The SMILES string of the molecule is CCCS(=O)(=O)Cc1noc(C)n1. The second-order valence-electron chi connectivity index (χ2n) is 2.82. The first kappa shape index (κ1) is 10.2. The second kappa shape index (κ2) is 3.87. The zero-order valence-corrected chi connectivity index (χ0v) is 8.47. The fraction of sp³-hybridized carbons (Fsp3) is 0.714. The molecule has 0 unspecified atom stereocenters. The van der Waals surface area contributed by atoms with Gasteiger partial charge in [-0.1, -0.05) is 12.1 Å². The van der Waals surface area contributed by atoms with E-state index < -0.39 is 9.84 Å². The zero-order valence-electron chi connectivity index (χ0n) is 7.65. The maximum atomic E-state index is 11.3. The van der Waals surface area contributed by atoms with E-state index in [1.54, 1.807) is 6.92 Å². The van der Waals surface area contributed by atoms with Gasteiger partial charge < -0.3 is 4.52 Å². The van der Waals surface area contributed by atoms with Crippen molar-refractivity contribution in [2.24, 2.45) is 0 Å². The third kappa shape index (κ3) is 3.14. The molecule has 0 bridgehead atoms. The van der Waals surface area contributed by atoms with Gasteiger partial charge in [0.1, 0.15) is 5.75 Å². The molecule has 1 rings (SSSR count). The van der Waals surface area contributed by atoms with Crippen LogP contribution in [0.4, 0.5) is 0 Å². The number of sulfone groups is 1. The van der Waals surface area contributed by atoms with E-state index in [1.165, 1.54) is 0 Å². The van der Waals surface area contributed by atoms with Gasteiger partial charge in [-0.2, -0.15) is 4.98 Å². The van der Waals surface area contributed by atoms with Gasteiger partial charge in [0.25, 0.3) is 0 Å². The van der Waals surface area contributed by atoms with Crippen LogP contribution in [-0.2, 0) is 15.6 Å². The highest BCUT2D eigenvalue weighted by molar-refractivity contribution is 7.90. The number of hydrogen-bond donors (Lipinski definition) is 0. The van der Waals surface area contributed by atoms with Crippen LogP contribution in [0.15, 0.2) is 4.52 Å². The normalized spacial score (nSPS) is 11.8. The van der Waals surface area contributed by atoms with Gasteiger partial charge in [-0.3, -0.25) is 0 Å². The standard InChI is InChI=1S/C7H12N2O3S/c1-3-4-13(10,11)5-7-8-6(2)12-9-7/h3-5H2,1-2H3. The average Bonchev–Trinajstić information content (AvgIpc) is 2.34. The van der Waals surface area contributed by atoms with Crippen LogP contribution in [0.2, 0.25) is 0 Å². The monoisotopic (exact) mass is 204 g/mol. The molecule has 0 aliphatic heterocycles. The smallest absolute Gasteiger partial charge is 0.223 e. The van der Waals surface area contributed by atoms with Gasteiger partial charge in [0, 0.05) is 6.92 Å². The van der Waals surface area contributed by atoms with E-state index in [4.69, 9.17) is 0 Å². The number of nitrogens with zero attached hydrogens (tertiary/aromatic N) is 2. The molecular formula is C7H12N2O3S. The van der Waals surface area contributed by atoms with Crippen LogP contribution >= 0.6 is 0 Å². The number of rotatable bonds is 4. The fourth-order valence-electron chi connectivity index (χ4n) is 0.980. The fourth-order valence-corrected chi connectivity index (χ4v) is 2.26. The molecule has 13 heavy (non-hydrogen) atoms. The summed E-state index contributed by atoms with van der Waals surface area (Å²) >= 11 is 0. The minimum atomic E-state index is -3.06. The van der Waals surface area contributed by atoms with E-state index in [2.05, 4.69) is 14.7 Å². The summed E-state index contributed by atoms with van der Waals surface area (Å²) in [4.78, 5) is 3.82. The van der Waals surface area contributed by atoms with Gasteiger partial charge in [-0.15, -0.1) is 0 Å². The Morgan fingerprint density at radius 1 is 1.46 bits per heavy atom. The van der Waals surface area contributed by atoms with Crippen LogP contribution < -0.4 is 0 Å². The first-order chi connectivity index (χ1) is 6.03. The molecule has 0 aliphatic carbocycles. The zero-order chi connectivity index (χ0) is 9.90. The molecule has 0 atom stereocenters. The van der Waals surface area contributed by atoms with Crippen LogP contribution in [0.5, 0.6) is 0 Å². The third-order valence-corrected chi connectivity index (χ3v) is 3.16. The lowest BCUT2D eigenvalue weighted by Gasteiger charge is -1.96. The van der Waals surface area contributed by atoms with Crippen molar-refractivity contribution in [1.82, 2.24) is 10.1 Å². The van der Waals surface area contributed by atoms with Crippen LogP contribution in [0.1, 0.15) is 25.1 Å². The number of aryl methyl sites for hydroxylation is 1. The van der Waals surface area contributed by atoms with E-state index in [0.29, 0.717) is 12.3 Å². The summed E-state index contributed by atoms with van der Waals surface area (Å²) in [6, 6.07) is 0. The van der Waals surface area contributed by atoms with Crippen molar-refractivity contribution >= 4 is 9.84 Å². The molecule has 0 fully saturated rings. The summed E-state index contributed by atoms with van der Waals surface area (Å²) in [6.07, 6.45) is 0.610. The highest BCUT2D eigenvalue weighted by Gasteiger charge is 2.14. The van der Waals surface area contributed by atoms with Crippen molar-refractivity contribution in [3.63, 3.8) is 0 Å². The molecule has 6 heteroatoms. The van der Waals surface area contributed by atoms with Crippen molar-refractivity contribution in [3.8, 4) is 0 Å². The Balaban J connectivity index is 2.69. The van der Waals surface area contributed by atoms with Crippen molar-refractivity contribution in [3.05, 3.63) is 11.7 Å². The first-order valence-electron chi connectivity index (χ1n) is 4.03. The molecule has 74 valence electrons. The van der Waals surface area contributed by atoms with E-state index in [-0.39, 0.29) is 17.3 Å². The molecule has 0 aliphatic rings. The van der Waals surface area contributed by atoms with Crippen molar-refractivity contribution < 1.29 is 12.9 Å². The molecule has 5 nitrogen and oxygen atoms in total. The number of hydrogen-bond acceptors (Lipinski definition) is 5. The van der Waals surface area contributed by atoms with E-state index in [9.17, 15) is 8.42 Å². The van der Waals surface area contributed by atoms with E-state index in [0.717, 1.165) is 0 Å². The highest BCUT2D eigenvalue weighted by atomic mass is 32.2. The molecule has 0 radical (unpaired) electrons. The number of aromatic nitrogens is 2. The lowest BCUT2D eigenvalue weighted by Crippen LogP contribution is -2.09. The topological polar surface area (TPSA) is 73.1 Å². The summed E-state index contributed by atoms with van der Waals surface area (Å²) in [7, 11) is -3.06. The Labute approximate surface area is 77.1 Å². The van der Waals surface area contributed by atoms with Gasteiger partial charge in [0.05, 0.1) is 5.75 Å². The van der Waals surface area contributed by atoms with Crippen LogP contribution in [0, 0.1) is 6.92 Å². The molecule has 1 aromatic rings. The largest absolute Gasteiger partial charge is 0.340 e.